The van der Waals surface area contributed by atoms with Crippen molar-refractivity contribution in [1.82, 2.24) is 0 Å². The Labute approximate surface area is 207 Å². The predicted molar refractivity (Wildman–Crippen MR) is 152 cm³/mol. The first-order valence-electron chi connectivity index (χ1n) is 11.8. The number of hydrogen-bond acceptors (Lipinski definition) is 1. The zero-order valence-electron chi connectivity index (χ0n) is 19.6. The van der Waals surface area contributed by atoms with Crippen LogP contribution >= 0.6 is 7.92 Å². The summed E-state index contributed by atoms with van der Waals surface area (Å²) >= 11 is 0. The van der Waals surface area contributed by atoms with E-state index in [4.69, 9.17) is 4.74 Å². The molecule has 0 fully saturated rings. The maximum absolute atomic E-state index is 5.77. The topological polar surface area (TPSA) is 9.23 Å². The lowest BCUT2D eigenvalue weighted by Crippen LogP contribution is -2.22. The molecular weight excluding hydrogens is 443 g/mol. The zero-order chi connectivity index (χ0) is 23.6. The Morgan fingerprint density at radius 2 is 1.09 bits per heavy atom. The van der Waals surface area contributed by atoms with Crippen LogP contribution in [0.5, 0.6) is 5.75 Å². The molecule has 6 aromatic carbocycles. The predicted octanol–water partition coefficient (Wildman–Crippen LogP) is 7.43. The molecule has 168 valence electrons. The summed E-state index contributed by atoms with van der Waals surface area (Å²) in [6.07, 6.45) is 0. The van der Waals surface area contributed by atoms with Gasteiger partial charge in [0, 0.05) is 0 Å². The first-order valence-corrected chi connectivity index (χ1v) is 13.2. The fourth-order valence-electron chi connectivity index (χ4n) is 4.92. The average Bonchev–Trinajstić information content (AvgIpc) is 2.93. The molecule has 0 spiro atoms. The standard InChI is InChI=1S/C33H25OP/c1-34-26-22-25-13-9-10-18-29(25)31(23-26)33-30-19-11-8-12-24(30)20-21-32(33)35(27-14-4-2-5-15-27)28-16-6-3-7-17-28/h2-23H,1H3. The summed E-state index contributed by atoms with van der Waals surface area (Å²) in [6.45, 7) is 0. The highest BCUT2D eigenvalue weighted by atomic mass is 31.1. The molecule has 0 amide bonds. The van der Waals surface area contributed by atoms with Crippen LogP contribution < -0.4 is 20.7 Å². The molecule has 0 N–H and O–H groups in total. The van der Waals surface area contributed by atoms with Crippen LogP contribution in [0.1, 0.15) is 0 Å². The summed E-state index contributed by atoms with van der Waals surface area (Å²) in [5.41, 5.74) is 2.50. The normalized spacial score (nSPS) is 11.3. The summed E-state index contributed by atoms with van der Waals surface area (Å²) in [6, 6.07) is 48.1. The van der Waals surface area contributed by atoms with Crippen LogP contribution in [0.25, 0.3) is 32.7 Å². The third-order valence-corrected chi connectivity index (χ3v) is 9.00. The molecule has 0 aliphatic rings. The lowest BCUT2D eigenvalue weighted by atomic mass is 9.93. The highest BCUT2D eigenvalue weighted by Gasteiger charge is 2.23. The van der Waals surface area contributed by atoms with E-state index < -0.39 is 7.92 Å². The van der Waals surface area contributed by atoms with Crippen LogP contribution in [-0.4, -0.2) is 7.11 Å². The minimum atomic E-state index is -0.774. The summed E-state index contributed by atoms with van der Waals surface area (Å²) < 4.78 is 5.77. The van der Waals surface area contributed by atoms with Crippen molar-refractivity contribution in [3.05, 3.63) is 133 Å². The number of fused-ring (bicyclic) bond motifs is 2. The zero-order valence-corrected chi connectivity index (χ0v) is 20.5. The molecule has 0 saturated heterocycles. The van der Waals surface area contributed by atoms with Crippen LogP contribution in [0.4, 0.5) is 0 Å². The maximum Gasteiger partial charge on any atom is 0.120 e. The van der Waals surface area contributed by atoms with Gasteiger partial charge in [-0.15, -0.1) is 0 Å². The van der Waals surface area contributed by atoms with Crippen LogP contribution in [0.2, 0.25) is 0 Å². The van der Waals surface area contributed by atoms with Gasteiger partial charge in [-0.05, 0) is 68.6 Å². The van der Waals surface area contributed by atoms with Gasteiger partial charge in [0.15, 0.2) is 0 Å². The second-order valence-corrected chi connectivity index (χ2v) is 10.8. The molecule has 35 heavy (non-hydrogen) atoms. The lowest BCUT2D eigenvalue weighted by molar-refractivity contribution is 0.415. The lowest BCUT2D eigenvalue weighted by Gasteiger charge is -2.24. The molecule has 0 aromatic heterocycles. The summed E-state index contributed by atoms with van der Waals surface area (Å²) in [4.78, 5) is 0. The molecule has 6 rings (SSSR count). The Morgan fingerprint density at radius 1 is 0.514 bits per heavy atom. The van der Waals surface area contributed by atoms with Crippen molar-refractivity contribution in [1.29, 1.82) is 0 Å². The summed E-state index contributed by atoms with van der Waals surface area (Å²) in [5.74, 6) is 0.876. The molecule has 0 aliphatic heterocycles. The third kappa shape index (κ3) is 3.99. The van der Waals surface area contributed by atoms with E-state index in [-0.39, 0.29) is 0 Å². The third-order valence-electron chi connectivity index (χ3n) is 6.52. The van der Waals surface area contributed by atoms with Crippen molar-refractivity contribution in [2.45, 2.75) is 0 Å². The van der Waals surface area contributed by atoms with Crippen molar-refractivity contribution in [3.8, 4) is 16.9 Å². The van der Waals surface area contributed by atoms with Gasteiger partial charge < -0.3 is 4.74 Å². The Kier molecular flexibility index (Phi) is 5.78. The first kappa shape index (κ1) is 21.6. The van der Waals surface area contributed by atoms with Gasteiger partial charge in [0.2, 0.25) is 0 Å². The van der Waals surface area contributed by atoms with Gasteiger partial charge in [0.1, 0.15) is 5.75 Å². The van der Waals surface area contributed by atoms with Gasteiger partial charge in [-0.25, -0.2) is 0 Å². The van der Waals surface area contributed by atoms with Crippen molar-refractivity contribution in [3.63, 3.8) is 0 Å². The number of ether oxygens (including phenoxy) is 1. The fraction of sp³-hybridized carbons (Fsp3) is 0.0303. The number of rotatable bonds is 5. The Hall–Kier alpha value is -3.93. The molecule has 0 aliphatic carbocycles. The highest BCUT2D eigenvalue weighted by Crippen LogP contribution is 2.43. The van der Waals surface area contributed by atoms with Gasteiger partial charge in [-0.3, -0.25) is 0 Å². The van der Waals surface area contributed by atoms with Crippen molar-refractivity contribution >= 4 is 45.4 Å². The second-order valence-electron chi connectivity index (χ2n) is 8.58. The SMILES string of the molecule is COc1cc(-c2c(P(c3ccccc3)c3ccccc3)ccc3ccccc23)c2ccccc2c1. The van der Waals surface area contributed by atoms with Crippen molar-refractivity contribution < 1.29 is 4.74 Å². The minimum Gasteiger partial charge on any atom is -0.497 e. The fourth-order valence-corrected chi connectivity index (χ4v) is 7.40. The Balaban J connectivity index is 1.75. The maximum atomic E-state index is 5.77. The minimum absolute atomic E-state index is 0.774. The Bertz CT molecular complexity index is 1580. The van der Waals surface area contributed by atoms with Gasteiger partial charge in [0.25, 0.3) is 0 Å². The van der Waals surface area contributed by atoms with Gasteiger partial charge >= 0.3 is 0 Å². The van der Waals surface area contributed by atoms with E-state index in [9.17, 15) is 0 Å². The molecular formula is C33H25OP. The van der Waals surface area contributed by atoms with Crippen LogP contribution in [-0.2, 0) is 0 Å². The van der Waals surface area contributed by atoms with E-state index in [0.29, 0.717) is 0 Å². The van der Waals surface area contributed by atoms with Crippen molar-refractivity contribution in [2.24, 2.45) is 0 Å². The second kappa shape index (κ2) is 9.37. The van der Waals surface area contributed by atoms with Crippen LogP contribution in [0.15, 0.2) is 133 Å². The molecule has 0 atom stereocenters. The molecule has 1 nitrogen and oxygen atoms in total. The first-order chi connectivity index (χ1) is 17.3. The average molecular weight is 469 g/mol. The molecule has 0 radical (unpaired) electrons. The highest BCUT2D eigenvalue weighted by molar-refractivity contribution is 7.80. The molecule has 0 heterocycles. The summed E-state index contributed by atoms with van der Waals surface area (Å²) in [7, 11) is 0.975. The summed E-state index contributed by atoms with van der Waals surface area (Å²) in [5, 5.41) is 8.98. The van der Waals surface area contributed by atoms with E-state index in [1.54, 1.807) is 7.11 Å². The molecule has 6 aromatic rings. The molecule has 0 unspecified atom stereocenters. The Morgan fingerprint density at radius 3 is 1.74 bits per heavy atom. The van der Waals surface area contributed by atoms with E-state index in [1.807, 2.05) is 0 Å². The number of methoxy groups -OCH3 is 1. The molecule has 0 bridgehead atoms. The number of hydrogen-bond donors (Lipinski definition) is 0. The largest absolute Gasteiger partial charge is 0.497 e. The van der Waals surface area contributed by atoms with E-state index >= 15 is 0 Å². The van der Waals surface area contributed by atoms with Crippen molar-refractivity contribution in [2.75, 3.05) is 7.11 Å². The monoisotopic (exact) mass is 468 g/mol. The smallest absolute Gasteiger partial charge is 0.120 e. The number of benzene rings is 6. The molecule has 0 saturated carbocycles. The van der Waals surface area contributed by atoms with Gasteiger partial charge in [-0.1, -0.05) is 121 Å². The van der Waals surface area contributed by atoms with E-state index in [1.165, 1.54) is 48.6 Å². The van der Waals surface area contributed by atoms with E-state index in [2.05, 4.69) is 133 Å². The molecule has 2 heteroatoms. The van der Waals surface area contributed by atoms with Crippen LogP contribution in [0, 0.1) is 0 Å². The van der Waals surface area contributed by atoms with Crippen LogP contribution in [0.3, 0.4) is 0 Å². The van der Waals surface area contributed by atoms with E-state index in [0.717, 1.165) is 5.75 Å². The van der Waals surface area contributed by atoms with Gasteiger partial charge in [0.05, 0.1) is 7.11 Å². The quantitative estimate of drug-likeness (QED) is 0.239. The van der Waals surface area contributed by atoms with Gasteiger partial charge in [-0.2, -0.15) is 0 Å².